The predicted molar refractivity (Wildman–Crippen MR) is 106 cm³/mol. The van der Waals surface area contributed by atoms with Crippen molar-refractivity contribution in [2.24, 2.45) is 0 Å². The van der Waals surface area contributed by atoms with Gasteiger partial charge < -0.3 is 20.4 Å². The maximum Gasteiger partial charge on any atom is 0.253 e. The van der Waals surface area contributed by atoms with Gasteiger partial charge in [-0.15, -0.1) is 0 Å². The molecule has 2 N–H and O–H groups in total. The molecule has 7 nitrogen and oxygen atoms in total. The van der Waals surface area contributed by atoms with Crippen LogP contribution in [0.25, 0.3) is 0 Å². The van der Waals surface area contributed by atoms with Crippen LogP contribution in [0.4, 0.5) is 11.5 Å². The molecule has 0 atom stereocenters. The summed E-state index contributed by atoms with van der Waals surface area (Å²) in [5, 5.41) is 5.63. The van der Waals surface area contributed by atoms with E-state index in [9.17, 15) is 9.59 Å². The molecule has 1 aromatic carbocycles. The molecule has 2 amide bonds. The Morgan fingerprint density at radius 3 is 2.52 bits per heavy atom. The lowest BCUT2D eigenvalue weighted by Gasteiger charge is -2.33. The van der Waals surface area contributed by atoms with Crippen LogP contribution in [0, 0.1) is 0 Å². The molecule has 0 saturated carbocycles. The molecule has 8 heteroatoms. The zero-order chi connectivity index (χ0) is 19.2. The first-order chi connectivity index (χ1) is 13.0. The van der Waals surface area contributed by atoms with E-state index in [4.69, 9.17) is 11.6 Å². The average Bonchev–Trinajstić information content (AvgIpc) is 2.68. The van der Waals surface area contributed by atoms with E-state index < -0.39 is 0 Å². The molecule has 142 valence electrons. The minimum absolute atomic E-state index is 0.149. The number of carbonyl (C=O) groups excluding carboxylic acids is 2. The highest BCUT2D eigenvalue weighted by atomic mass is 35.5. The smallest absolute Gasteiger partial charge is 0.253 e. The molecule has 0 bridgehead atoms. The second kappa shape index (κ2) is 8.83. The number of carbonyl (C=O) groups is 2. The van der Waals surface area contributed by atoms with Gasteiger partial charge in [0.25, 0.3) is 5.91 Å². The first-order valence-corrected chi connectivity index (χ1v) is 9.13. The van der Waals surface area contributed by atoms with Gasteiger partial charge in [0.2, 0.25) is 5.91 Å². The van der Waals surface area contributed by atoms with Crippen LogP contribution >= 0.6 is 11.6 Å². The monoisotopic (exact) mass is 387 g/mol. The van der Waals surface area contributed by atoms with Gasteiger partial charge in [-0.3, -0.25) is 9.59 Å². The summed E-state index contributed by atoms with van der Waals surface area (Å²) >= 11 is 5.97. The van der Waals surface area contributed by atoms with Crippen molar-refractivity contribution < 1.29 is 9.59 Å². The number of hydrogen-bond donors (Lipinski definition) is 2. The van der Waals surface area contributed by atoms with Crippen LogP contribution in [0.3, 0.4) is 0 Å². The number of amides is 2. The van der Waals surface area contributed by atoms with E-state index >= 15 is 0 Å². The normalized spacial score (nSPS) is 14.7. The second-order valence-corrected chi connectivity index (χ2v) is 6.81. The van der Waals surface area contributed by atoms with Crippen molar-refractivity contribution in [2.45, 2.75) is 0 Å². The maximum atomic E-state index is 12.1. The molecule has 1 aliphatic heterocycles. The van der Waals surface area contributed by atoms with Crippen LogP contribution in [-0.4, -0.2) is 61.5 Å². The molecule has 1 saturated heterocycles. The van der Waals surface area contributed by atoms with Gasteiger partial charge in [-0.05, 0) is 31.3 Å². The second-order valence-electron chi connectivity index (χ2n) is 6.41. The van der Waals surface area contributed by atoms with Crippen LogP contribution in [0.2, 0.25) is 5.02 Å². The maximum absolute atomic E-state index is 12.1. The molecular formula is C19H22ClN5O2. The highest BCUT2D eigenvalue weighted by Crippen LogP contribution is 2.16. The quantitative estimate of drug-likeness (QED) is 0.818. The van der Waals surface area contributed by atoms with Gasteiger partial charge in [0.05, 0.1) is 29.0 Å². The van der Waals surface area contributed by atoms with Crippen molar-refractivity contribution >= 4 is 34.9 Å². The van der Waals surface area contributed by atoms with E-state index in [0.717, 1.165) is 32.0 Å². The number of aromatic nitrogens is 1. The number of halogens is 1. The Balaban J connectivity index is 1.49. The van der Waals surface area contributed by atoms with Gasteiger partial charge in [0, 0.05) is 26.2 Å². The van der Waals surface area contributed by atoms with E-state index in [2.05, 4.69) is 32.5 Å². The summed E-state index contributed by atoms with van der Waals surface area (Å²) in [6, 6.07) is 10.4. The van der Waals surface area contributed by atoms with Crippen molar-refractivity contribution in [3.05, 3.63) is 53.2 Å². The SMILES string of the molecule is CN1CCN(c2ccc(NC(=O)CNC(=O)c3ccccc3Cl)cn2)CC1. The fourth-order valence-electron chi connectivity index (χ4n) is 2.79. The van der Waals surface area contributed by atoms with E-state index in [1.807, 2.05) is 12.1 Å². The molecule has 0 spiro atoms. The van der Waals surface area contributed by atoms with Crippen LogP contribution in [-0.2, 0) is 4.79 Å². The Bertz CT molecular complexity index is 804. The highest BCUT2D eigenvalue weighted by molar-refractivity contribution is 6.33. The summed E-state index contributed by atoms with van der Waals surface area (Å²) in [6.45, 7) is 3.73. The number of anilines is 2. The molecule has 2 heterocycles. The molecule has 27 heavy (non-hydrogen) atoms. The van der Waals surface area contributed by atoms with Crippen molar-refractivity contribution in [1.82, 2.24) is 15.2 Å². The molecule has 1 fully saturated rings. The lowest BCUT2D eigenvalue weighted by Crippen LogP contribution is -2.44. The number of likely N-dealkylation sites (N-methyl/N-ethyl adjacent to an activating group) is 1. The Hall–Kier alpha value is -2.64. The molecule has 1 aliphatic rings. The van der Waals surface area contributed by atoms with E-state index in [0.29, 0.717) is 16.3 Å². The minimum atomic E-state index is -0.390. The molecule has 3 rings (SSSR count). The fraction of sp³-hybridized carbons (Fsp3) is 0.316. The van der Waals surface area contributed by atoms with E-state index in [1.54, 1.807) is 30.5 Å². The molecule has 2 aromatic rings. The summed E-state index contributed by atoms with van der Waals surface area (Å²) < 4.78 is 0. The Morgan fingerprint density at radius 2 is 1.85 bits per heavy atom. The first-order valence-electron chi connectivity index (χ1n) is 8.75. The number of pyridine rings is 1. The number of benzene rings is 1. The largest absolute Gasteiger partial charge is 0.354 e. The summed E-state index contributed by atoms with van der Waals surface area (Å²) in [6.07, 6.45) is 1.63. The summed E-state index contributed by atoms with van der Waals surface area (Å²) in [5.74, 6) is 0.178. The third-order valence-corrected chi connectivity index (χ3v) is 4.72. The van der Waals surface area contributed by atoms with E-state index in [-0.39, 0.29) is 18.4 Å². The average molecular weight is 388 g/mol. The molecular weight excluding hydrogens is 366 g/mol. The van der Waals surface area contributed by atoms with Gasteiger partial charge in [-0.25, -0.2) is 4.98 Å². The Kier molecular flexibility index (Phi) is 6.26. The number of nitrogens with one attached hydrogen (secondary N) is 2. The van der Waals surface area contributed by atoms with Gasteiger partial charge in [-0.2, -0.15) is 0 Å². The third-order valence-electron chi connectivity index (χ3n) is 4.39. The lowest BCUT2D eigenvalue weighted by atomic mass is 10.2. The van der Waals surface area contributed by atoms with Crippen molar-refractivity contribution in [2.75, 3.05) is 50.0 Å². The molecule has 0 unspecified atom stereocenters. The number of rotatable bonds is 5. The first kappa shape index (κ1) is 19.1. The van der Waals surface area contributed by atoms with Crippen molar-refractivity contribution in [1.29, 1.82) is 0 Å². The van der Waals surface area contributed by atoms with Crippen LogP contribution in [0.5, 0.6) is 0 Å². The minimum Gasteiger partial charge on any atom is -0.354 e. The highest BCUT2D eigenvalue weighted by Gasteiger charge is 2.15. The summed E-state index contributed by atoms with van der Waals surface area (Å²) in [7, 11) is 2.11. The zero-order valence-corrected chi connectivity index (χ0v) is 15.9. The molecule has 1 aromatic heterocycles. The van der Waals surface area contributed by atoms with Crippen LogP contribution < -0.4 is 15.5 Å². The molecule has 0 radical (unpaired) electrons. The number of piperazine rings is 1. The van der Waals surface area contributed by atoms with Crippen molar-refractivity contribution in [3.8, 4) is 0 Å². The lowest BCUT2D eigenvalue weighted by molar-refractivity contribution is -0.115. The summed E-state index contributed by atoms with van der Waals surface area (Å²) in [4.78, 5) is 33.0. The predicted octanol–water partition coefficient (Wildman–Crippen LogP) is 1.86. The fourth-order valence-corrected chi connectivity index (χ4v) is 3.01. The molecule has 0 aliphatic carbocycles. The van der Waals surface area contributed by atoms with Gasteiger partial charge in [0.1, 0.15) is 5.82 Å². The zero-order valence-electron chi connectivity index (χ0n) is 15.1. The van der Waals surface area contributed by atoms with Crippen LogP contribution in [0.15, 0.2) is 42.6 Å². The van der Waals surface area contributed by atoms with E-state index in [1.165, 1.54) is 0 Å². The summed E-state index contributed by atoms with van der Waals surface area (Å²) in [5.41, 5.74) is 0.926. The van der Waals surface area contributed by atoms with Gasteiger partial charge >= 0.3 is 0 Å². The Labute approximate surface area is 163 Å². The van der Waals surface area contributed by atoms with Crippen molar-refractivity contribution in [3.63, 3.8) is 0 Å². The number of nitrogens with zero attached hydrogens (tertiary/aromatic N) is 3. The standard InChI is InChI=1S/C19H22ClN5O2/c1-24-8-10-25(11-9-24)17-7-6-14(12-21-17)23-18(26)13-22-19(27)15-4-2-3-5-16(15)20/h2-7,12H,8-11,13H2,1H3,(H,22,27)(H,23,26). The van der Waals surface area contributed by atoms with Gasteiger partial charge in [-0.1, -0.05) is 23.7 Å². The third kappa shape index (κ3) is 5.18. The van der Waals surface area contributed by atoms with Crippen LogP contribution in [0.1, 0.15) is 10.4 Å². The van der Waals surface area contributed by atoms with Gasteiger partial charge in [0.15, 0.2) is 0 Å². The number of hydrogen-bond acceptors (Lipinski definition) is 5. The Morgan fingerprint density at radius 1 is 1.11 bits per heavy atom. The topological polar surface area (TPSA) is 77.6 Å².